The van der Waals surface area contributed by atoms with Crippen molar-refractivity contribution in [1.29, 1.82) is 5.26 Å². The summed E-state index contributed by atoms with van der Waals surface area (Å²) in [5, 5.41) is 9.38. The van der Waals surface area contributed by atoms with Gasteiger partial charge in [-0.2, -0.15) is 5.26 Å². The van der Waals surface area contributed by atoms with E-state index in [9.17, 15) is 10.1 Å². The van der Waals surface area contributed by atoms with Crippen LogP contribution < -0.4 is 24.8 Å². The van der Waals surface area contributed by atoms with Crippen LogP contribution in [0.5, 0.6) is 11.5 Å². The number of nitrogens with zero attached hydrogens (tertiary/aromatic N) is 5. The third kappa shape index (κ3) is 4.13. The van der Waals surface area contributed by atoms with Crippen LogP contribution in [0, 0.1) is 17.2 Å². The molecule has 2 aromatic heterocycles. The van der Waals surface area contributed by atoms with Crippen LogP contribution >= 0.6 is 0 Å². The molecule has 8 nitrogen and oxygen atoms in total. The summed E-state index contributed by atoms with van der Waals surface area (Å²) < 4.78 is 12.8. The Kier molecular flexibility index (Phi) is 5.71. The summed E-state index contributed by atoms with van der Waals surface area (Å²) in [5.41, 5.74) is 3.77. The van der Waals surface area contributed by atoms with E-state index in [2.05, 4.69) is 40.0 Å². The molecule has 0 atom stereocenters. The van der Waals surface area contributed by atoms with E-state index in [1.807, 2.05) is 12.1 Å². The number of nitriles is 1. The maximum atomic E-state index is 12.7. The number of ether oxygens (including phenoxy) is 2. The molecule has 0 bridgehead atoms. The van der Waals surface area contributed by atoms with Gasteiger partial charge in [0.25, 0.3) is 5.56 Å². The molecule has 2 saturated carbocycles. The van der Waals surface area contributed by atoms with Crippen molar-refractivity contribution in [2.75, 3.05) is 30.2 Å². The third-order valence-corrected chi connectivity index (χ3v) is 8.06. The standard InChI is InChI=1S/C28H31N5O3/c1-31(24-14-27(34)32(2)23-11-5-19(15-29)30-28(23)24)20-6-8-21(9-7-20)33(16-18-3-4-18)22-10-12-25-26(13-22)36-17-35-25/h5,10-14,18,20-21H,3-4,6-9,16-17H2,1-2H3/t20-,21+. The number of aromatic nitrogens is 2. The van der Waals surface area contributed by atoms with Crippen LogP contribution in [0.1, 0.15) is 44.2 Å². The zero-order valence-corrected chi connectivity index (χ0v) is 20.8. The topological polar surface area (TPSA) is 83.6 Å². The molecule has 36 heavy (non-hydrogen) atoms. The van der Waals surface area contributed by atoms with Gasteiger partial charge < -0.3 is 23.8 Å². The molecule has 0 amide bonds. The van der Waals surface area contributed by atoms with Gasteiger partial charge in [-0.25, -0.2) is 4.98 Å². The zero-order chi connectivity index (χ0) is 24.8. The number of benzene rings is 1. The van der Waals surface area contributed by atoms with Crippen LogP contribution in [-0.2, 0) is 7.05 Å². The Bertz CT molecular complexity index is 1400. The molecule has 186 valence electrons. The number of hydrogen-bond acceptors (Lipinski definition) is 7. The largest absolute Gasteiger partial charge is 0.454 e. The summed E-state index contributed by atoms with van der Waals surface area (Å²) >= 11 is 0. The summed E-state index contributed by atoms with van der Waals surface area (Å²) in [5.74, 6) is 2.44. The number of fused-ring (bicyclic) bond motifs is 2. The lowest BCUT2D eigenvalue weighted by molar-refractivity contribution is 0.174. The monoisotopic (exact) mass is 485 g/mol. The van der Waals surface area contributed by atoms with Gasteiger partial charge in [0.15, 0.2) is 11.5 Å². The van der Waals surface area contributed by atoms with Gasteiger partial charge in [-0.15, -0.1) is 0 Å². The van der Waals surface area contributed by atoms with Crippen molar-refractivity contribution in [1.82, 2.24) is 9.55 Å². The van der Waals surface area contributed by atoms with Crippen molar-refractivity contribution in [2.24, 2.45) is 13.0 Å². The molecular weight excluding hydrogens is 454 g/mol. The molecule has 3 aromatic rings. The molecule has 0 N–H and O–H groups in total. The van der Waals surface area contributed by atoms with Gasteiger partial charge in [0.05, 0.1) is 11.2 Å². The lowest BCUT2D eigenvalue weighted by Gasteiger charge is -2.41. The van der Waals surface area contributed by atoms with E-state index in [4.69, 9.17) is 9.47 Å². The second-order valence-electron chi connectivity index (χ2n) is 10.3. The van der Waals surface area contributed by atoms with Crippen molar-refractivity contribution < 1.29 is 9.47 Å². The fourth-order valence-corrected chi connectivity index (χ4v) is 5.70. The fourth-order valence-electron chi connectivity index (χ4n) is 5.70. The Hall–Kier alpha value is -3.73. The molecule has 1 aliphatic heterocycles. The molecule has 6 rings (SSSR count). The van der Waals surface area contributed by atoms with Gasteiger partial charge in [-0.3, -0.25) is 4.79 Å². The highest BCUT2D eigenvalue weighted by atomic mass is 16.7. The SMILES string of the molecule is Cn1c(=O)cc(N(C)[C@H]2CC[C@@H](N(CC3CC3)c3ccc4c(c3)OCO4)CC2)c2nc(C#N)ccc21. The van der Waals surface area contributed by atoms with Gasteiger partial charge in [0, 0.05) is 50.5 Å². The highest BCUT2D eigenvalue weighted by Crippen LogP contribution is 2.40. The molecule has 0 unspecified atom stereocenters. The minimum atomic E-state index is -0.0667. The van der Waals surface area contributed by atoms with Crippen LogP contribution in [0.4, 0.5) is 11.4 Å². The number of hydrogen-bond donors (Lipinski definition) is 0. The number of anilines is 2. The highest BCUT2D eigenvalue weighted by Gasteiger charge is 2.33. The first-order chi connectivity index (χ1) is 17.5. The Labute approximate surface area is 210 Å². The highest BCUT2D eigenvalue weighted by molar-refractivity contribution is 5.88. The lowest BCUT2D eigenvalue weighted by atomic mass is 9.88. The molecule has 0 spiro atoms. The Morgan fingerprint density at radius 2 is 1.78 bits per heavy atom. The van der Waals surface area contributed by atoms with E-state index in [0.717, 1.165) is 60.8 Å². The van der Waals surface area contributed by atoms with Gasteiger partial charge in [0.1, 0.15) is 17.3 Å². The quantitative estimate of drug-likeness (QED) is 0.517. The minimum absolute atomic E-state index is 0.0667. The van der Waals surface area contributed by atoms with Crippen LogP contribution in [0.2, 0.25) is 0 Å². The van der Waals surface area contributed by atoms with Crippen molar-refractivity contribution in [3.63, 3.8) is 0 Å². The van der Waals surface area contributed by atoms with E-state index in [1.165, 1.54) is 18.5 Å². The lowest BCUT2D eigenvalue weighted by Crippen LogP contribution is -2.44. The fraction of sp³-hybridized carbons (Fsp3) is 0.464. The summed E-state index contributed by atoms with van der Waals surface area (Å²) in [6.07, 6.45) is 6.84. The summed E-state index contributed by atoms with van der Waals surface area (Å²) in [7, 11) is 3.80. The van der Waals surface area contributed by atoms with E-state index in [-0.39, 0.29) is 5.56 Å². The van der Waals surface area contributed by atoms with Crippen molar-refractivity contribution >= 4 is 22.4 Å². The molecule has 2 fully saturated rings. The predicted molar refractivity (Wildman–Crippen MR) is 139 cm³/mol. The molecule has 3 aliphatic rings. The van der Waals surface area contributed by atoms with Crippen LogP contribution in [0.3, 0.4) is 0 Å². The van der Waals surface area contributed by atoms with E-state index in [1.54, 1.807) is 23.7 Å². The Balaban J connectivity index is 1.23. The average Bonchev–Trinajstić information content (AvgIpc) is 3.62. The first kappa shape index (κ1) is 22.7. The number of rotatable bonds is 6. The average molecular weight is 486 g/mol. The van der Waals surface area contributed by atoms with E-state index in [0.29, 0.717) is 30.1 Å². The molecule has 8 heteroatoms. The van der Waals surface area contributed by atoms with Crippen LogP contribution in [0.15, 0.2) is 41.2 Å². The molecule has 0 radical (unpaired) electrons. The van der Waals surface area contributed by atoms with Crippen LogP contribution in [-0.4, -0.2) is 42.0 Å². The van der Waals surface area contributed by atoms with E-state index < -0.39 is 0 Å². The molecule has 1 aromatic carbocycles. The second-order valence-corrected chi connectivity index (χ2v) is 10.3. The Morgan fingerprint density at radius 3 is 2.53 bits per heavy atom. The van der Waals surface area contributed by atoms with Gasteiger partial charge in [-0.05, 0) is 68.7 Å². The van der Waals surface area contributed by atoms with Gasteiger partial charge in [-0.1, -0.05) is 0 Å². The smallest absolute Gasteiger partial charge is 0.252 e. The predicted octanol–water partition coefficient (Wildman–Crippen LogP) is 4.20. The zero-order valence-electron chi connectivity index (χ0n) is 20.8. The first-order valence-electron chi connectivity index (χ1n) is 12.8. The van der Waals surface area contributed by atoms with Crippen molar-refractivity contribution in [2.45, 2.75) is 50.6 Å². The van der Waals surface area contributed by atoms with Crippen molar-refractivity contribution in [3.8, 4) is 17.6 Å². The van der Waals surface area contributed by atoms with Gasteiger partial charge in [0.2, 0.25) is 6.79 Å². The summed E-state index contributed by atoms with van der Waals surface area (Å²) in [6.45, 7) is 1.38. The first-order valence-corrected chi connectivity index (χ1v) is 12.8. The molecule has 3 heterocycles. The molecule has 2 aliphatic carbocycles. The third-order valence-electron chi connectivity index (χ3n) is 8.06. The molecular formula is C28H31N5O3. The second kappa shape index (κ2) is 9.05. The minimum Gasteiger partial charge on any atom is -0.454 e. The number of aryl methyl sites for hydroxylation is 1. The Morgan fingerprint density at radius 1 is 1.03 bits per heavy atom. The van der Waals surface area contributed by atoms with E-state index >= 15 is 0 Å². The summed E-state index contributed by atoms with van der Waals surface area (Å²) in [4.78, 5) is 22.1. The van der Waals surface area contributed by atoms with Crippen molar-refractivity contribution in [3.05, 3.63) is 52.4 Å². The molecule has 0 saturated heterocycles. The van der Waals surface area contributed by atoms with Crippen LogP contribution in [0.25, 0.3) is 11.0 Å². The maximum Gasteiger partial charge on any atom is 0.252 e. The normalized spacial score (nSPS) is 20.8. The summed E-state index contributed by atoms with van der Waals surface area (Å²) in [6, 6.07) is 14.4. The van der Waals surface area contributed by atoms with Gasteiger partial charge >= 0.3 is 0 Å². The maximum absolute atomic E-state index is 12.7. The number of pyridine rings is 2.